The van der Waals surface area contributed by atoms with Crippen molar-refractivity contribution in [1.82, 2.24) is 5.32 Å². The molecule has 3 rings (SSSR count). The molecule has 0 aromatic heterocycles. The molecular weight excluding hydrogens is 510 g/mol. The van der Waals surface area contributed by atoms with Crippen LogP contribution in [0.25, 0.3) is 0 Å². The molecular formula is C16H21NO19. The van der Waals surface area contributed by atoms with Crippen LogP contribution in [0.3, 0.4) is 0 Å². The van der Waals surface area contributed by atoms with Gasteiger partial charge in [-0.2, -0.15) is 0 Å². The molecule has 1 atom stereocenters. The molecule has 20 nitrogen and oxygen atoms in total. The lowest BCUT2D eigenvalue weighted by Crippen LogP contribution is -2.66. The van der Waals surface area contributed by atoms with Crippen LogP contribution in [0, 0.1) is 0 Å². The lowest BCUT2D eigenvalue weighted by Gasteiger charge is -2.34. The van der Waals surface area contributed by atoms with Crippen LogP contribution in [0.2, 0.25) is 0 Å². The van der Waals surface area contributed by atoms with Crippen LogP contribution < -0.4 is 14.8 Å². The van der Waals surface area contributed by atoms with Crippen LogP contribution in [0.5, 0.6) is 28.7 Å². The number of amides is 1. The molecule has 0 bridgehead atoms. The molecule has 1 aromatic carbocycles. The van der Waals surface area contributed by atoms with Crippen LogP contribution in [-0.2, 0) is 4.79 Å². The fourth-order valence-electron chi connectivity index (χ4n) is 3.73. The maximum absolute atomic E-state index is 11.7. The van der Waals surface area contributed by atoms with Crippen molar-refractivity contribution in [3.8, 4) is 28.7 Å². The quantitative estimate of drug-likeness (QED) is 0.0951. The second-order valence-electron chi connectivity index (χ2n) is 8.08. The van der Waals surface area contributed by atoms with Gasteiger partial charge in [0.15, 0.2) is 11.5 Å². The molecule has 2 aliphatic rings. The predicted octanol–water partition coefficient (Wildman–Crippen LogP) is -8.85. The minimum Gasteiger partial charge on any atom is -0.504 e. The maximum atomic E-state index is 11.7. The SMILES string of the molecule is O=C1NCC(c2c(O)c(O)c(OC(O)(O)O)c(OC3C(O)(O)C(O)(O)C(O)(O)C3(O)O)c2O)C1(O)O. The lowest BCUT2D eigenvalue weighted by atomic mass is 9.90. The van der Waals surface area contributed by atoms with E-state index in [4.69, 9.17) is 15.3 Å². The van der Waals surface area contributed by atoms with Gasteiger partial charge in [-0.05, 0) is 0 Å². The zero-order valence-corrected chi connectivity index (χ0v) is 17.2. The molecule has 1 saturated carbocycles. The van der Waals surface area contributed by atoms with E-state index in [1.54, 1.807) is 0 Å². The maximum Gasteiger partial charge on any atom is 0.453 e. The first-order valence-corrected chi connectivity index (χ1v) is 9.30. The molecule has 0 radical (unpaired) electrons. The fourth-order valence-corrected chi connectivity index (χ4v) is 3.73. The minimum absolute atomic E-state index is 0.792. The van der Waals surface area contributed by atoms with Crippen molar-refractivity contribution in [1.29, 1.82) is 0 Å². The third-order valence-electron chi connectivity index (χ3n) is 5.72. The first-order chi connectivity index (χ1) is 15.9. The molecule has 1 saturated heterocycles. The summed E-state index contributed by atoms with van der Waals surface area (Å²) in [5.41, 5.74) is -1.24. The molecule has 1 heterocycles. The van der Waals surface area contributed by atoms with E-state index in [1.165, 1.54) is 0 Å². The van der Waals surface area contributed by atoms with E-state index >= 15 is 0 Å². The third kappa shape index (κ3) is 3.49. The Balaban J connectivity index is 2.31. The molecule has 17 N–H and O–H groups in total. The van der Waals surface area contributed by atoms with Gasteiger partial charge in [0.1, 0.15) is 0 Å². The largest absolute Gasteiger partial charge is 0.504 e. The van der Waals surface area contributed by atoms with Gasteiger partial charge >= 0.3 is 6.16 Å². The zero-order valence-electron chi connectivity index (χ0n) is 17.2. The topological polar surface area (TPSA) is 371 Å². The van der Waals surface area contributed by atoms with Gasteiger partial charge in [-0.15, -0.1) is 0 Å². The normalized spacial score (nSPS) is 26.0. The number of rotatable bonds is 5. The van der Waals surface area contributed by atoms with Gasteiger partial charge in [-0.1, -0.05) is 0 Å². The summed E-state index contributed by atoms with van der Waals surface area (Å²) < 4.78 is 8.68. The summed E-state index contributed by atoms with van der Waals surface area (Å²) in [6, 6.07) is 0. The standard InChI is InChI=1S/C16H21NO19/c18-4-3(2-1-17-10(21)11(2,22)23)5(19)7(8(6(4)20)36-16(32,33)34)35-9-12(24,25)14(28,29)15(30,31)13(9,26)27/h2,9,18-20,22-34H,1H2,(H,17,21). The summed E-state index contributed by atoms with van der Waals surface area (Å²) >= 11 is 0. The highest BCUT2D eigenvalue weighted by atomic mass is 16.9. The summed E-state index contributed by atoms with van der Waals surface area (Å²) in [5.74, 6) is -34.1. The molecule has 0 spiro atoms. The smallest absolute Gasteiger partial charge is 0.453 e. The predicted molar refractivity (Wildman–Crippen MR) is 97.5 cm³/mol. The Bertz CT molecular complexity index is 1060. The molecule has 1 aliphatic carbocycles. The van der Waals surface area contributed by atoms with Crippen LogP contribution >= 0.6 is 0 Å². The molecule has 1 aromatic rings. The van der Waals surface area contributed by atoms with Crippen molar-refractivity contribution in [2.45, 2.75) is 47.1 Å². The van der Waals surface area contributed by atoms with E-state index < -0.39 is 93.9 Å². The lowest BCUT2D eigenvalue weighted by molar-refractivity contribution is -0.452. The summed E-state index contributed by atoms with van der Waals surface area (Å²) in [5, 5.41) is 159. The van der Waals surface area contributed by atoms with Gasteiger partial charge in [0.2, 0.25) is 23.4 Å². The summed E-state index contributed by atoms with van der Waals surface area (Å²) in [7, 11) is 0. The monoisotopic (exact) mass is 531 g/mol. The number of hydrogen-bond donors (Lipinski definition) is 17. The van der Waals surface area contributed by atoms with E-state index in [2.05, 4.69) is 9.47 Å². The zero-order chi connectivity index (χ0) is 28.0. The van der Waals surface area contributed by atoms with E-state index in [9.17, 15) is 71.2 Å². The van der Waals surface area contributed by atoms with Gasteiger partial charge in [0, 0.05) is 6.54 Å². The molecule has 36 heavy (non-hydrogen) atoms. The van der Waals surface area contributed by atoms with Gasteiger partial charge < -0.3 is 96.5 Å². The Hall–Kier alpha value is -2.83. The van der Waals surface area contributed by atoms with Crippen molar-refractivity contribution >= 4 is 5.91 Å². The number of nitrogens with one attached hydrogen (secondary N) is 1. The van der Waals surface area contributed by atoms with E-state index in [0.717, 1.165) is 0 Å². The summed E-state index contributed by atoms with van der Waals surface area (Å²) in [6.07, 6.45) is -7.82. The summed E-state index contributed by atoms with van der Waals surface area (Å²) in [6.45, 7) is -0.792. The van der Waals surface area contributed by atoms with Gasteiger partial charge in [-0.3, -0.25) is 4.79 Å². The number of ether oxygens (including phenoxy) is 2. The van der Waals surface area contributed by atoms with Crippen molar-refractivity contribution in [3.63, 3.8) is 0 Å². The average Bonchev–Trinajstić information content (AvgIpc) is 2.99. The third-order valence-corrected chi connectivity index (χ3v) is 5.72. The first-order valence-electron chi connectivity index (χ1n) is 9.30. The van der Waals surface area contributed by atoms with E-state index in [1.807, 2.05) is 5.32 Å². The Labute approximate surface area is 196 Å². The number of aromatic hydroxyl groups is 3. The number of phenols is 3. The molecule has 2 fully saturated rings. The number of phenolic OH excluding ortho intramolecular Hbond substituents is 3. The second kappa shape index (κ2) is 7.59. The van der Waals surface area contributed by atoms with Crippen molar-refractivity contribution < 1.29 is 96.0 Å². The second-order valence-corrected chi connectivity index (χ2v) is 8.08. The Kier molecular flexibility index (Phi) is 5.85. The molecule has 1 unspecified atom stereocenters. The highest BCUT2D eigenvalue weighted by molar-refractivity contribution is 5.88. The van der Waals surface area contributed by atoms with Crippen LogP contribution in [-0.4, -0.2) is 135 Å². The minimum atomic E-state index is -4.66. The molecule has 1 aliphatic heterocycles. The van der Waals surface area contributed by atoms with E-state index in [0.29, 0.717) is 0 Å². The molecule has 204 valence electrons. The van der Waals surface area contributed by atoms with Crippen molar-refractivity contribution in [2.24, 2.45) is 0 Å². The Morgan fingerprint density at radius 1 is 0.750 bits per heavy atom. The highest BCUT2D eigenvalue weighted by Gasteiger charge is 2.85. The van der Waals surface area contributed by atoms with Crippen molar-refractivity contribution in [2.75, 3.05) is 6.54 Å². The Morgan fingerprint density at radius 2 is 1.22 bits per heavy atom. The number of carbonyl (C=O) groups is 1. The number of hydrogen-bond acceptors (Lipinski definition) is 19. The number of carbonyl (C=O) groups excluding carboxylic acids is 1. The highest BCUT2D eigenvalue weighted by Crippen LogP contribution is 2.58. The number of aliphatic hydroxyl groups is 13. The first kappa shape index (κ1) is 27.8. The molecule has 20 heteroatoms. The number of benzene rings is 1. The van der Waals surface area contributed by atoms with Crippen LogP contribution in [0.1, 0.15) is 11.5 Å². The van der Waals surface area contributed by atoms with Crippen LogP contribution in [0.15, 0.2) is 0 Å². The van der Waals surface area contributed by atoms with Gasteiger partial charge in [-0.25, -0.2) is 0 Å². The summed E-state index contributed by atoms with van der Waals surface area (Å²) in [4.78, 5) is 11.7. The van der Waals surface area contributed by atoms with Crippen molar-refractivity contribution in [3.05, 3.63) is 5.56 Å². The fraction of sp³-hybridized carbons (Fsp3) is 0.562. The van der Waals surface area contributed by atoms with E-state index in [-0.39, 0.29) is 0 Å². The Morgan fingerprint density at radius 3 is 1.61 bits per heavy atom. The van der Waals surface area contributed by atoms with Gasteiger partial charge in [0.05, 0.1) is 11.5 Å². The average molecular weight is 531 g/mol. The molecule has 1 amide bonds. The van der Waals surface area contributed by atoms with Gasteiger partial charge in [0.25, 0.3) is 34.8 Å². The van der Waals surface area contributed by atoms with Crippen LogP contribution in [0.4, 0.5) is 0 Å².